The van der Waals surface area contributed by atoms with E-state index in [1.54, 1.807) is 13.8 Å². The maximum absolute atomic E-state index is 11.8. The highest BCUT2D eigenvalue weighted by Crippen LogP contribution is 2.25. The molecule has 19 heavy (non-hydrogen) atoms. The Bertz CT molecular complexity index is 310. The number of ether oxygens (including phenoxy) is 2. The molecule has 0 bridgehead atoms. The summed E-state index contributed by atoms with van der Waals surface area (Å²) in [6.07, 6.45) is -0.384. The molecule has 0 fully saturated rings. The predicted octanol–water partition coefficient (Wildman–Crippen LogP) is -0.382. The second kappa shape index (κ2) is 8.47. The van der Waals surface area contributed by atoms with E-state index in [4.69, 9.17) is 14.6 Å². The van der Waals surface area contributed by atoms with Crippen molar-refractivity contribution in [1.82, 2.24) is 5.32 Å². The van der Waals surface area contributed by atoms with Gasteiger partial charge in [-0.25, -0.2) is 0 Å². The van der Waals surface area contributed by atoms with Gasteiger partial charge in [0.25, 0.3) is 0 Å². The number of carbonyl (C=O) groups is 3. The normalized spacial score (nSPS) is 10.7. The van der Waals surface area contributed by atoms with Crippen LogP contribution in [0.1, 0.15) is 27.2 Å². The van der Waals surface area contributed by atoms with Crippen LogP contribution >= 0.6 is 0 Å². The molecule has 2 N–H and O–H groups in total. The van der Waals surface area contributed by atoms with E-state index < -0.39 is 23.3 Å². The van der Waals surface area contributed by atoms with Gasteiger partial charge in [0.15, 0.2) is 5.41 Å². The smallest absolute Gasteiger partial charge is 0.323 e. The van der Waals surface area contributed by atoms with E-state index in [1.165, 1.54) is 6.92 Å². The average molecular weight is 275 g/mol. The van der Waals surface area contributed by atoms with Crippen LogP contribution in [0.2, 0.25) is 0 Å². The van der Waals surface area contributed by atoms with Crippen LogP contribution in [-0.2, 0) is 23.9 Å². The van der Waals surface area contributed by atoms with Gasteiger partial charge in [-0.3, -0.25) is 14.4 Å². The van der Waals surface area contributed by atoms with Gasteiger partial charge in [-0.2, -0.15) is 0 Å². The predicted molar refractivity (Wildman–Crippen MR) is 66.1 cm³/mol. The highest BCUT2D eigenvalue weighted by atomic mass is 16.6. The summed E-state index contributed by atoms with van der Waals surface area (Å²) >= 11 is 0. The molecule has 0 aromatic heterocycles. The molecule has 1 amide bonds. The standard InChI is InChI=1S/C12H21NO6/c1-4-18-10(16)12(3,11(17)19-5-2)8-9(15)13-6-7-14/h14H,4-8H2,1-3H3,(H,13,15). The molecular formula is C12H21NO6. The molecule has 0 radical (unpaired) electrons. The fourth-order valence-electron chi connectivity index (χ4n) is 1.39. The summed E-state index contributed by atoms with van der Waals surface area (Å²) in [6.45, 7) is 4.56. The van der Waals surface area contributed by atoms with E-state index >= 15 is 0 Å². The second-order valence-electron chi connectivity index (χ2n) is 4.02. The maximum atomic E-state index is 11.8. The van der Waals surface area contributed by atoms with Crippen molar-refractivity contribution in [3.05, 3.63) is 0 Å². The zero-order valence-electron chi connectivity index (χ0n) is 11.5. The molecular weight excluding hydrogens is 254 g/mol. The van der Waals surface area contributed by atoms with Crippen molar-refractivity contribution in [3.8, 4) is 0 Å². The maximum Gasteiger partial charge on any atom is 0.323 e. The van der Waals surface area contributed by atoms with Crippen molar-refractivity contribution in [2.24, 2.45) is 5.41 Å². The summed E-state index contributed by atoms with van der Waals surface area (Å²) in [7, 11) is 0. The number of aliphatic hydroxyl groups is 1. The quantitative estimate of drug-likeness (QED) is 0.462. The Balaban J connectivity index is 4.89. The zero-order valence-corrected chi connectivity index (χ0v) is 11.5. The number of esters is 2. The number of hydrogen-bond donors (Lipinski definition) is 2. The summed E-state index contributed by atoms with van der Waals surface area (Å²) in [6, 6.07) is 0. The zero-order chi connectivity index (χ0) is 14.9. The van der Waals surface area contributed by atoms with Gasteiger partial charge in [0.05, 0.1) is 26.2 Å². The number of carbonyl (C=O) groups excluding carboxylic acids is 3. The lowest BCUT2D eigenvalue weighted by Gasteiger charge is -2.24. The third-order valence-corrected chi connectivity index (χ3v) is 2.40. The minimum Gasteiger partial charge on any atom is -0.465 e. The van der Waals surface area contributed by atoms with Crippen molar-refractivity contribution in [2.75, 3.05) is 26.4 Å². The number of amides is 1. The first-order chi connectivity index (χ1) is 8.92. The third-order valence-electron chi connectivity index (χ3n) is 2.40. The average Bonchev–Trinajstić information content (AvgIpc) is 2.36. The SMILES string of the molecule is CCOC(=O)C(C)(CC(=O)NCCO)C(=O)OCC. The van der Waals surface area contributed by atoms with E-state index in [9.17, 15) is 14.4 Å². The summed E-state index contributed by atoms with van der Waals surface area (Å²) in [4.78, 5) is 35.3. The van der Waals surface area contributed by atoms with Crippen LogP contribution in [0.4, 0.5) is 0 Å². The van der Waals surface area contributed by atoms with Crippen LogP contribution in [0, 0.1) is 5.41 Å². The first kappa shape index (κ1) is 17.4. The summed E-state index contributed by atoms with van der Waals surface area (Å²) in [5, 5.41) is 11.0. The van der Waals surface area contributed by atoms with Crippen LogP contribution in [0.15, 0.2) is 0 Å². The largest absolute Gasteiger partial charge is 0.465 e. The van der Waals surface area contributed by atoms with Gasteiger partial charge in [0.1, 0.15) is 0 Å². The molecule has 0 saturated heterocycles. The molecule has 0 aromatic rings. The number of nitrogens with one attached hydrogen (secondary N) is 1. The van der Waals surface area contributed by atoms with Gasteiger partial charge < -0.3 is 19.9 Å². The molecule has 7 nitrogen and oxygen atoms in total. The molecule has 0 saturated carbocycles. The van der Waals surface area contributed by atoms with Crippen molar-refractivity contribution >= 4 is 17.8 Å². The Kier molecular flexibility index (Phi) is 7.74. The Hall–Kier alpha value is -1.63. The van der Waals surface area contributed by atoms with Crippen LogP contribution in [0.25, 0.3) is 0 Å². The van der Waals surface area contributed by atoms with Crippen LogP contribution < -0.4 is 5.32 Å². The van der Waals surface area contributed by atoms with E-state index in [2.05, 4.69) is 5.32 Å². The molecule has 0 spiro atoms. The highest BCUT2D eigenvalue weighted by molar-refractivity contribution is 6.03. The molecule has 0 aliphatic rings. The molecule has 0 aromatic carbocycles. The molecule has 0 aliphatic carbocycles. The van der Waals surface area contributed by atoms with Gasteiger partial charge in [-0.15, -0.1) is 0 Å². The number of aliphatic hydroxyl groups excluding tert-OH is 1. The van der Waals surface area contributed by atoms with Crippen LogP contribution in [0.5, 0.6) is 0 Å². The molecule has 0 aliphatic heterocycles. The van der Waals surface area contributed by atoms with E-state index in [0.29, 0.717) is 0 Å². The Labute approximate surface area is 112 Å². The Morgan fingerprint density at radius 1 is 1.11 bits per heavy atom. The molecule has 7 heteroatoms. The highest BCUT2D eigenvalue weighted by Gasteiger charge is 2.46. The lowest BCUT2D eigenvalue weighted by molar-refractivity contribution is -0.172. The van der Waals surface area contributed by atoms with Gasteiger partial charge in [0, 0.05) is 6.54 Å². The minimum atomic E-state index is -1.68. The van der Waals surface area contributed by atoms with Gasteiger partial charge in [-0.05, 0) is 20.8 Å². The molecule has 0 heterocycles. The first-order valence-corrected chi connectivity index (χ1v) is 6.14. The fraction of sp³-hybridized carbons (Fsp3) is 0.750. The fourth-order valence-corrected chi connectivity index (χ4v) is 1.39. The third kappa shape index (κ3) is 5.25. The lowest BCUT2D eigenvalue weighted by atomic mass is 9.86. The monoisotopic (exact) mass is 275 g/mol. The molecule has 0 rings (SSSR count). The second-order valence-corrected chi connectivity index (χ2v) is 4.02. The van der Waals surface area contributed by atoms with Gasteiger partial charge in [-0.1, -0.05) is 0 Å². The first-order valence-electron chi connectivity index (χ1n) is 6.14. The van der Waals surface area contributed by atoms with E-state index in [-0.39, 0.29) is 32.8 Å². The van der Waals surface area contributed by atoms with E-state index in [1.807, 2.05) is 0 Å². The topological polar surface area (TPSA) is 102 Å². The van der Waals surface area contributed by atoms with Crippen LogP contribution in [-0.4, -0.2) is 49.3 Å². The Morgan fingerprint density at radius 3 is 1.95 bits per heavy atom. The summed E-state index contributed by atoms with van der Waals surface area (Å²) in [5.74, 6) is -2.13. The summed E-state index contributed by atoms with van der Waals surface area (Å²) < 4.78 is 9.62. The van der Waals surface area contributed by atoms with Crippen LogP contribution in [0.3, 0.4) is 0 Å². The van der Waals surface area contributed by atoms with Crippen molar-refractivity contribution < 1.29 is 29.0 Å². The molecule has 110 valence electrons. The molecule has 0 atom stereocenters. The lowest BCUT2D eigenvalue weighted by Crippen LogP contribution is -2.44. The summed E-state index contributed by atoms with van der Waals surface area (Å²) in [5.41, 5.74) is -1.68. The molecule has 0 unspecified atom stereocenters. The van der Waals surface area contributed by atoms with Gasteiger partial charge >= 0.3 is 11.9 Å². The minimum absolute atomic E-state index is 0.0561. The van der Waals surface area contributed by atoms with Crippen molar-refractivity contribution in [2.45, 2.75) is 27.2 Å². The number of rotatable bonds is 8. The number of hydrogen-bond acceptors (Lipinski definition) is 6. The van der Waals surface area contributed by atoms with Crippen molar-refractivity contribution in [1.29, 1.82) is 0 Å². The van der Waals surface area contributed by atoms with E-state index in [0.717, 1.165) is 0 Å². The van der Waals surface area contributed by atoms with Crippen molar-refractivity contribution in [3.63, 3.8) is 0 Å². The Morgan fingerprint density at radius 2 is 1.58 bits per heavy atom. The van der Waals surface area contributed by atoms with Gasteiger partial charge in [0.2, 0.25) is 5.91 Å².